The van der Waals surface area contributed by atoms with E-state index in [1.807, 2.05) is 53.3 Å². The number of benzene rings is 2. The molecule has 1 unspecified atom stereocenters. The predicted octanol–water partition coefficient (Wildman–Crippen LogP) is 3.09. The van der Waals surface area contributed by atoms with Crippen molar-refractivity contribution in [1.29, 1.82) is 0 Å². The van der Waals surface area contributed by atoms with Crippen molar-refractivity contribution in [3.05, 3.63) is 59.7 Å². The van der Waals surface area contributed by atoms with Crippen LogP contribution in [0.3, 0.4) is 0 Å². The van der Waals surface area contributed by atoms with Crippen LogP contribution in [0.1, 0.15) is 50.7 Å². The summed E-state index contributed by atoms with van der Waals surface area (Å²) < 4.78 is 35.2. The van der Waals surface area contributed by atoms with Crippen LogP contribution in [0.25, 0.3) is 11.1 Å². The Labute approximate surface area is 205 Å². The van der Waals surface area contributed by atoms with Gasteiger partial charge in [0.1, 0.15) is 18.2 Å². The van der Waals surface area contributed by atoms with Crippen LogP contribution in [-0.2, 0) is 29.1 Å². The van der Waals surface area contributed by atoms with E-state index in [1.54, 1.807) is 20.8 Å². The minimum Gasteiger partial charge on any atom is -0.458 e. The fraction of sp³-hybridized carbons (Fsp3) is 0.400. The van der Waals surface area contributed by atoms with Gasteiger partial charge in [0, 0.05) is 12.3 Å². The Kier molecular flexibility index (Phi) is 7.84. The van der Waals surface area contributed by atoms with Gasteiger partial charge in [-0.2, -0.15) is 0 Å². The maximum Gasteiger partial charge on any atom is 0.407 e. The summed E-state index contributed by atoms with van der Waals surface area (Å²) in [4.78, 5) is 37.2. The molecule has 9 nitrogen and oxygen atoms in total. The van der Waals surface area contributed by atoms with E-state index in [4.69, 9.17) is 9.47 Å². The lowest BCUT2D eigenvalue weighted by atomic mass is 9.98. The fourth-order valence-corrected chi connectivity index (χ4v) is 4.45. The summed E-state index contributed by atoms with van der Waals surface area (Å²) in [5, 5.41) is 2.46. The van der Waals surface area contributed by atoms with Gasteiger partial charge in [0.25, 0.3) is 0 Å². The molecule has 2 amide bonds. The number of amides is 2. The Hall–Kier alpha value is -3.40. The average molecular weight is 503 g/mol. The van der Waals surface area contributed by atoms with Crippen LogP contribution in [0.4, 0.5) is 4.79 Å². The number of esters is 1. The number of nitrogens with one attached hydrogen (secondary N) is 2. The Balaban J connectivity index is 1.67. The van der Waals surface area contributed by atoms with Gasteiger partial charge in [-0.3, -0.25) is 9.52 Å². The third-order valence-corrected chi connectivity index (χ3v) is 5.88. The van der Waals surface area contributed by atoms with Gasteiger partial charge in [-0.25, -0.2) is 18.0 Å². The van der Waals surface area contributed by atoms with E-state index >= 15 is 0 Å². The van der Waals surface area contributed by atoms with Gasteiger partial charge in [0.2, 0.25) is 15.9 Å². The minimum atomic E-state index is -3.74. The first-order valence-corrected chi connectivity index (χ1v) is 13.1. The first-order valence-electron chi connectivity index (χ1n) is 11.2. The van der Waals surface area contributed by atoms with Gasteiger partial charge >= 0.3 is 12.1 Å². The number of carbonyl (C=O) groups is 3. The van der Waals surface area contributed by atoms with Crippen molar-refractivity contribution in [2.45, 2.75) is 51.2 Å². The Morgan fingerprint density at radius 2 is 1.51 bits per heavy atom. The Bertz CT molecular complexity index is 1170. The molecule has 1 aliphatic rings. The fourth-order valence-electron chi connectivity index (χ4n) is 3.94. The van der Waals surface area contributed by atoms with E-state index in [1.165, 1.54) is 0 Å². The van der Waals surface area contributed by atoms with E-state index in [2.05, 4.69) is 5.32 Å². The summed E-state index contributed by atoms with van der Waals surface area (Å²) in [5.41, 5.74) is 3.43. The summed E-state index contributed by atoms with van der Waals surface area (Å²) >= 11 is 0. The highest BCUT2D eigenvalue weighted by Gasteiger charge is 2.31. The molecule has 0 fully saturated rings. The number of hydrogen-bond acceptors (Lipinski definition) is 7. The Morgan fingerprint density at radius 1 is 0.971 bits per heavy atom. The normalized spacial score (nSPS) is 13.8. The highest BCUT2D eigenvalue weighted by atomic mass is 32.2. The molecule has 1 aliphatic carbocycles. The molecule has 2 aromatic rings. The van der Waals surface area contributed by atoms with Crippen molar-refractivity contribution in [1.82, 2.24) is 10.0 Å². The van der Waals surface area contributed by atoms with Gasteiger partial charge in [-0.15, -0.1) is 0 Å². The second-order valence-electron chi connectivity index (χ2n) is 9.39. The van der Waals surface area contributed by atoms with Gasteiger partial charge in [-0.1, -0.05) is 48.5 Å². The molecule has 0 saturated carbocycles. The summed E-state index contributed by atoms with van der Waals surface area (Å²) in [6.07, 6.45) is -0.474. The van der Waals surface area contributed by atoms with Crippen molar-refractivity contribution in [3.8, 4) is 11.1 Å². The molecule has 3 rings (SSSR count). The molecule has 0 saturated heterocycles. The molecule has 0 aromatic heterocycles. The van der Waals surface area contributed by atoms with E-state index < -0.39 is 39.6 Å². The second kappa shape index (κ2) is 10.5. The summed E-state index contributed by atoms with van der Waals surface area (Å²) in [5.74, 6) is -1.71. The summed E-state index contributed by atoms with van der Waals surface area (Å²) in [6.45, 7) is 5.07. The second-order valence-corrected chi connectivity index (χ2v) is 11.1. The van der Waals surface area contributed by atoms with Crippen LogP contribution in [-0.4, -0.2) is 50.9 Å². The first-order chi connectivity index (χ1) is 16.3. The van der Waals surface area contributed by atoms with Crippen LogP contribution in [0.15, 0.2) is 48.5 Å². The van der Waals surface area contributed by atoms with Gasteiger partial charge < -0.3 is 14.8 Å². The number of ether oxygens (including phenoxy) is 2. The smallest absolute Gasteiger partial charge is 0.407 e. The SMILES string of the molecule is CC(C)(C)OC(=O)C(CCC(=O)NS(C)(=O)=O)NC(=O)OCC1c2ccccc2-c2ccccc21. The lowest BCUT2D eigenvalue weighted by molar-refractivity contribution is -0.157. The third kappa shape index (κ3) is 7.29. The zero-order valence-corrected chi connectivity index (χ0v) is 21.0. The van der Waals surface area contributed by atoms with Crippen LogP contribution in [0.5, 0.6) is 0 Å². The van der Waals surface area contributed by atoms with E-state index in [0.717, 1.165) is 28.5 Å². The number of carbonyl (C=O) groups excluding carboxylic acids is 3. The standard InChI is InChI=1S/C25H30N2O7S/c1-25(2,3)34-23(29)21(13-14-22(28)27-35(4,31)32)26-24(30)33-15-20-18-11-7-5-9-16(18)17-10-6-8-12-19(17)20/h5-12,20-21H,13-15H2,1-4H3,(H,26,30)(H,27,28). The molecule has 10 heteroatoms. The van der Waals surface area contributed by atoms with E-state index in [0.29, 0.717) is 0 Å². The van der Waals surface area contributed by atoms with Gasteiger partial charge in [0.05, 0.1) is 6.26 Å². The summed E-state index contributed by atoms with van der Waals surface area (Å²) in [6, 6.07) is 14.6. The van der Waals surface area contributed by atoms with Crippen LogP contribution >= 0.6 is 0 Å². The van der Waals surface area contributed by atoms with Gasteiger partial charge in [0.15, 0.2) is 0 Å². The largest absolute Gasteiger partial charge is 0.458 e. The number of alkyl carbamates (subject to hydrolysis) is 1. The Morgan fingerprint density at radius 3 is 2.03 bits per heavy atom. The molecule has 0 bridgehead atoms. The molecule has 0 heterocycles. The predicted molar refractivity (Wildman–Crippen MR) is 130 cm³/mol. The van der Waals surface area contributed by atoms with Crippen LogP contribution in [0, 0.1) is 0 Å². The lowest BCUT2D eigenvalue weighted by Gasteiger charge is -2.24. The molecule has 0 radical (unpaired) electrons. The minimum absolute atomic E-state index is 0.0511. The third-order valence-electron chi connectivity index (χ3n) is 5.29. The lowest BCUT2D eigenvalue weighted by Crippen LogP contribution is -2.45. The van der Waals surface area contributed by atoms with Gasteiger partial charge in [-0.05, 0) is 49.4 Å². The number of hydrogen-bond donors (Lipinski definition) is 2. The average Bonchev–Trinajstić information content (AvgIpc) is 3.06. The van der Waals surface area contributed by atoms with E-state index in [9.17, 15) is 22.8 Å². The zero-order chi connectivity index (χ0) is 25.8. The quantitative estimate of drug-likeness (QED) is 0.531. The molecule has 2 N–H and O–H groups in total. The maximum absolute atomic E-state index is 12.6. The van der Waals surface area contributed by atoms with Crippen LogP contribution < -0.4 is 10.0 Å². The molecule has 0 spiro atoms. The van der Waals surface area contributed by atoms with Crippen molar-refractivity contribution < 1.29 is 32.3 Å². The summed E-state index contributed by atoms with van der Waals surface area (Å²) in [7, 11) is -3.74. The van der Waals surface area contributed by atoms with Crippen LogP contribution in [0.2, 0.25) is 0 Å². The molecule has 2 aromatic carbocycles. The molecule has 1 atom stereocenters. The van der Waals surface area contributed by atoms with Crippen molar-refractivity contribution >= 4 is 28.0 Å². The number of fused-ring (bicyclic) bond motifs is 3. The topological polar surface area (TPSA) is 128 Å². The van der Waals surface area contributed by atoms with E-state index in [-0.39, 0.29) is 25.4 Å². The first kappa shape index (κ1) is 26.2. The van der Waals surface area contributed by atoms with Crippen molar-refractivity contribution in [2.24, 2.45) is 0 Å². The van der Waals surface area contributed by atoms with Crippen molar-refractivity contribution in [2.75, 3.05) is 12.9 Å². The zero-order valence-electron chi connectivity index (χ0n) is 20.2. The monoisotopic (exact) mass is 502 g/mol. The highest BCUT2D eigenvalue weighted by molar-refractivity contribution is 7.89. The molecular weight excluding hydrogens is 472 g/mol. The maximum atomic E-state index is 12.6. The number of sulfonamides is 1. The molecule has 188 valence electrons. The molecule has 35 heavy (non-hydrogen) atoms. The highest BCUT2D eigenvalue weighted by Crippen LogP contribution is 2.44. The molecule has 0 aliphatic heterocycles. The number of rotatable bonds is 8. The molecular formula is C25H30N2O7S. The van der Waals surface area contributed by atoms with Crippen molar-refractivity contribution in [3.63, 3.8) is 0 Å².